The van der Waals surface area contributed by atoms with E-state index in [0.717, 1.165) is 11.1 Å². The average Bonchev–Trinajstić information content (AvgIpc) is 2.66. The highest BCUT2D eigenvalue weighted by Crippen LogP contribution is 2.21. The van der Waals surface area contributed by atoms with Crippen LogP contribution in [0.5, 0.6) is 11.5 Å². The smallest absolute Gasteiger partial charge is 0.333 e. The Bertz CT molecular complexity index is 808. The molecule has 2 atom stereocenters. The van der Waals surface area contributed by atoms with Crippen molar-refractivity contribution in [2.24, 2.45) is 0 Å². The van der Waals surface area contributed by atoms with Crippen LogP contribution in [0.4, 0.5) is 0 Å². The lowest BCUT2D eigenvalue weighted by Crippen LogP contribution is -2.29. The molecule has 0 saturated heterocycles. The summed E-state index contributed by atoms with van der Waals surface area (Å²) in [6, 6.07) is 12.4. The topological polar surface area (TPSA) is 85.2 Å². The van der Waals surface area contributed by atoms with Crippen molar-refractivity contribution in [1.82, 2.24) is 0 Å². The summed E-state index contributed by atoms with van der Waals surface area (Å²) in [5, 5.41) is 20.1. The second kappa shape index (κ2) is 11.0. The number of aliphatic carboxylic acids is 1. The second-order valence-electron chi connectivity index (χ2n) is 7.05. The number of carbonyl (C=O) groups is 1. The Kier molecular flexibility index (Phi) is 8.76. The zero-order chi connectivity index (χ0) is 21.4. The molecule has 7 heteroatoms. The second-order valence-corrected chi connectivity index (χ2v) is 7.46. The van der Waals surface area contributed by atoms with Crippen molar-refractivity contribution in [3.63, 3.8) is 0 Å². The molecule has 0 saturated carbocycles. The molecule has 158 valence electrons. The maximum atomic E-state index is 11.4. The Labute approximate surface area is 176 Å². The number of benzene rings is 2. The molecule has 0 spiro atoms. The van der Waals surface area contributed by atoms with Crippen LogP contribution in [-0.4, -0.2) is 47.7 Å². The standard InChI is InChI=1S/C22H27ClO6/c1-14(2)29-21(22(25)26)11-16-5-4-6-18(10-16)27-12-17(24)13-28-19-7-8-20(23)15(3)9-19/h4-10,14,17,21,24H,11-13H2,1-3H3,(H,25,26). The van der Waals surface area contributed by atoms with Gasteiger partial charge in [0, 0.05) is 11.4 Å². The van der Waals surface area contributed by atoms with Crippen molar-refractivity contribution >= 4 is 17.6 Å². The van der Waals surface area contributed by atoms with Gasteiger partial charge in [-0.3, -0.25) is 0 Å². The summed E-state index contributed by atoms with van der Waals surface area (Å²) in [6.45, 7) is 5.59. The number of hydrogen-bond donors (Lipinski definition) is 2. The molecule has 2 aromatic rings. The molecule has 0 aliphatic rings. The molecule has 0 fully saturated rings. The lowest BCUT2D eigenvalue weighted by Gasteiger charge is -2.17. The van der Waals surface area contributed by atoms with Gasteiger partial charge < -0.3 is 24.4 Å². The van der Waals surface area contributed by atoms with Crippen LogP contribution in [-0.2, 0) is 16.0 Å². The zero-order valence-electron chi connectivity index (χ0n) is 16.8. The van der Waals surface area contributed by atoms with Crippen LogP contribution in [0.15, 0.2) is 42.5 Å². The third-order valence-electron chi connectivity index (χ3n) is 4.05. The SMILES string of the molecule is Cc1cc(OCC(O)COc2cccc(CC(OC(C)C)C(=O)O)c2)ccc1Cl. The number of hydrogen-bond acceptors (Lipinski definition) is 5. The fraction of sp³-hybridized carbons (Fsp3) is 0.409. The third kappa shape index (κ3) is 7.93. The fourth-order valence-corrected chi connectivity index (χ4v) is 2.76. The van der Waals surface area contributed by atoms with Gasteiger partial charge in [0.05, 0.1) is 6.10 Å². The van der Waals surface area contributed by atoms with Crippen molar-refractivity contribution < 1.29 is 29.2 Å². The largest absolute Gasteiger partial charge is 0.491 e. The average molecular weight is 423 g/mol. The van der Waals surface area contributed by atoms with Gasteiger partial charge in [-0.1, -0.05) is 23.7 Å². The molecule has 2 unspecified atom stereocenters. The molecule has 0 radical (unpaired) electrons. The number of aliphatic hydroxyl groups is 1. The van der Waals surface area contributed by atoms with Crippen LogP contribution in [0.3, 0.4) is 0 Å². The lowest BCUT2D eigenvalue weighted by molar-refractivity contribution is -0.153. The Morgan fingerprint density at radius 1 is 1.07 bits per heavy atom. The number of aliphatic hydroxyl groups excluding tert-OH is 1. The van der Waals surface area contributed by atoms with Crippen molar-refractivity contribution in [1.29, 1.82) is 0 Å². The van der Waals surface area contributed by atoms with Gasteiger partial charge in [-0.25, -0.2) is 4.79 Å². The number of aryl methyl sites for hydroxylation is 1. The molecule has 0 amide bonds. The van der Waals surface area contributed by atoms with E-state index in [2.05, 4.69) is 0 Å². The molecule has 29 heavy (non-hydrogen) atoms. The van der Waals surface area contributed by atoms with Crippen molar-refractivity contribution in [2.75, 3.05) is 13.2 Å². The molecule has 2 aromatic carbocycles. The Morgan fingerprint density at radius 2 is 1.72 bits per heavy atom. The van der Waals surface area contributed by atoms with Crippen LogP contribution in [0.1, 0.15) is 25.0 Å². The number of halogens is 1. The number of carboxylic acid groups (broad SMARTS) is 1. The zero-order valence-corrected chi connectivity index (χ0v) is 17.6. The van der Waals surface area contributed by atoms with Gasteiger partial charge in [0.2, 0.25) is 0 Å². The van der Waals surface area contributed by atoms with Crippen LogP contribution in [0, 0.1) is 6.92 Å². The van der Waals surface area contributed by atoms with Gasteiger partial charge in [-0.15, -0.1) is 0 Å². The summed E-state index contributed by atoms with van der Waals surface area (Å²) in [5.74, 6) is 0.158. The molecular weight excluding hydrogens is 396 g/mol. The predicted octanol–water partition coefficient (Wildman–Crippen LogP) is 3.89. The molecule has 2 rings (SSSR count). The maximum absolute atomic E-state index is 11.4. The summed E-state index contributed by atoms with van der Waals surface area (Å²) >= 11 is 5.98. The van der Waals surface area contributed by atoms with E-state index in [1.807, 2.05) is 13.0 Å². The number of rotatable bonds is 11. The highest BCUT2D eigenvalue weighted by Gasteiger charge is 2.20. The number of carboxylic acids is 1. The van der Waals surface area contributed by atoms with E-state index in [0.29, 0.717) is 16.5 Å². The summed E-state index contributed by atoms with van der Waals surface area (Å²) in [7, 11) is 0. The lowest BCUT2D eigenvalue weighted by atomic mass is 10.1. The molecule has 6 nitrogen and oxygen atoms in total. The molecule has 2 N–H and O–H groups in total. The van der Waals surface area contributed by atoms with Gasteiger partial charge in [0.25, 0.3) is 0 Å². The van der Waals surface area contributed by atoms with E-state index < -0.39 is 18.2 Å². The van der Waals surface area contributed by atoms with Gasteiger partial charge in [0.15, 0.2) is 6.10 Å². The Hall–Kier alpha value is -2.28. The fourth-order valence-electron chi connectivity index (χ4n) is 2.64. The summed E-state index contributed by atoms with van der Waals surface area (Å²) in [6.07, 6.45) is -1.71. The van der Waals surface area contributed by atoms with Gasteiger partial charge in [0.1, 0.15) is 30.8 Å². The van der Waals surface area contributed by atoms with Gasteiger partial charge >= 0.3 is 5.97 Å². The highest BCUT2D eigenvalue weighted by atomic mass is 35.5. The van der Waals surface area contributed by atoms with Crippen LogP contribution < -0.4 is 9.47 Å². The van der Waals surface area contributed by atoms with E-state index in [1.165, 1.54) is 0 Å². The van der Waals surface area contributed by atoms with E-state index >= 15 is 0 Å². The molecule has 0 bridgehead atoms. The molecule has 0 heterocycles. The summed E-state index contributed by atoms with van der Waals surface area (Å²) in [5.41, 5.74) is 1.67. The minimum atomic E-state index is -1.00. The Morgan fingerprint density at radius 3 is 2.31 bits per heavy atom. The predicted molar refractivity (Wildman–Crippen MR) is 111 cm³/mol. The third-order valence-corrected chi connectivity index (χ3v) is 4.47. The summed E-state index contributed by atoms with van der Waals surface area (Å²) in [4.78, 5) is 11.4. The first-order valence-electron chi connectivity index (χ1n) is 9.41. The van der Waals surface area contributed by atoms with Crippen LogP contribution >= 0.6 is 11.6 Å². The Balaban J connectivity index is 1.86. The first kappa shape index (κ1) is 23.0. The van der Waals surface area contributed by atoms with Crippen molar-refractivity contribution in [3.05, 3.63) is 58.6 Å². The van der Waals surface area contributed by atoms with Crippen molar-refractivity contribution in [2.45, 2.75) is 45.5 Å². The monoisotopic (exact) mass is 422 g/mol. The first-order chi connectivity index (χ1) is 13.7. The molecule has 0 aliphatic carbocycles. The first-order valence-corrected chi connectivity index (χ1v) is 9.79. The molecule has 0 aliphatic heterocycles. The van der Waals surface area contributed by atoms with Gasteiger partial charge in [-0.2, -0.15) is 0 Å². The minimum Gasteiger partial charge on any atom is -0.491 e. The van der Waals surface area contributed by atoms with Crippen LogP contribution in [0.2, 0.25) is 5.02 Å². The van der Waals surface area contributed by atoms with E-state index in [1.54, 1.807) is 50.2 Å². The quantitative estimate of drug-likeness (QED) is 0.571. The minimum absolute atomic E-state index is 0.0425. The van der Waals surface area contributed by atoms with Crippen molar-refractivity contribution in [3.8, 4) is 11.5 Å². The van der Waals surface area contributed by atoms with E-state index in [-0.39, 0.29) is 25.7 Å². The van der Waals surface area contributed by atoms with E-state index in [9.17, 15) is 15.0 Å². The summed E-state index contributed by atoms with van der Waals surface area (Å²) < 4.78 is 16.6. The van der Waals surface area contributed by atoms with Gasteiger partial charge in [-0.05, 0) is 62.2 Å². The molecular formula is C22H27ClO6. The highest BCUT2D eigenvalue weighted by molar-refractivity contribution is 6.31. The maximum Gasteiger partial charge on any atom is 0.333 e. The molecule has 0 aromatic heterocycles. The van der Waals surface area contributed by atoms with E-state index in [4.69, 9.17) is 25.8 Å². The number of ether oxygens (including phenoxy) is 3. The van der Waals surface area contributed by atoms with Crippen LogP contribution in [0.25, 0.3) is 0 Å². The normalized spacial score (nSPS) is 13.2.